The molecular formula is C24H40. The lowest BCUT2D eigenvalue weighted by atomic mass is 9.39. The molecule has 0 amide bonds. The molecule has 0 N–H and O–H groups in total. The van der Waals surface area contributed by atoms with Crippen molar-refractivity contribution >= 4 is 0 Å². The zero-order chi connectivity index (χ0) is 16.6. The molecule has 0 aromatic heterocycles. The molecular weight excluding hydrogens is 288 g/mol. The Labute approximate surface area is 150 Å². The average Bonchev–Trinajstić information content (AvgIpc) is 2.57. The third-order valence-corrected chi connectivity index (χ3v) is 10.4. The zero-order valence-electron chi connectivity index (χ0n) is 16.6. The fourth-order valence-electron chi connectivity index (χ4n) is 9.77. The SMILES string of the molecule is CC1CCC2C3CCC(C)C4C(C)CCC(C5CCC(C)C1C25)C34. The van der Waals surface area contributed by atoms with E-state index in [-0.39, 0.29) is 0 Å². The monoisotopic (exact) mass is 328 g/mol. The summed E-state index contributed by atoms with van der Waals surface area (Å²) in [6.45, 7) is 10.4. The molecule has 24 heavy (non-hydrogen) atoms. The summed E-state index contributed by atoms with van der Waals surface area (Å²) in [5.41, 5.74) is 0. The average molecular weight is 329 g/mol. The van der Waals surface area contributed by atoms with Gasteiger partial charge in [-0.2, -0.15) is 0 Å². The Kier molecular flexibility index (Phi) is 3.88. The first-order valence-corrected chi connectivity index (χ1v) is 11.6. The third-order valence-electron chi connectivity index (χ3n) is 10.4. The van der Waals surface area contributed by atoms with E-state index in [9.17, 15) is 0 Å². The summed E-state index contributed by atoms with van der Waals surface area (Å²) in [5, 5.41) is 0. The van der Waals surface area contributed by atoms with Crippen molar-refractivity contribution in [2.45, 2.75) is 79.1 Å². The molecule has 0 bridgehead atoms. The summed E-state index contributed by atoms with van der Waals surface area (Å²) in [6.07, 6.45) is 12.6. The summed E-state index contributed by atoms with van der Waals surface area (Å²) >= 11 is 0. The first-order valence-electron chi connectivity index (χ1n) is 11.6. The highest BCUT2D eigenvalue weighted by atomic mass is 14.7. The number of hydrogen-bond donors (Lipinski definition) is 0. The van der Waals surface area contributed by atoms with Crippen LogP contribution in [0.4, 0.5) is 0 Å². The van der Waals surface area contributed by atoms with E-state index in [0.717, 1.165) is 71.0 Å². The maximum atomic E-state index is 2.61. The van der Waals surface area contributed by atoms with Gasteiger partial charge in [0, 0.05) is 0 Å². The van der Waals surface area contributed by atoms with Gasteiger partial charge in [-0.25, -0.2) is 0 Å². The molecule has 5 aliphatic rings. The van der Waals surface area contributed by atoms with E-state index in [2.05, 4.69) is 27.7 Å². The van der Waals surface area contributed by atoms with Crippen molar-refractivity contribution in [1.29, 1.82) is 0 Å². The molecule has 5 saturated carbocycles. The fourth-order valence-corrected chi connectivity index (χ4v) is 9.77. The van der Waals surface area contributed by atoms with Crippen LogP contribution in [0, 0.1) is 71.0 Å². The highest BCUT2D eigenvalue weighted by Crippen LogP contribution is 2.67. The van der Waals surface area contributed by atoms with E-state index in [1.807, 2.05) is 0 Å². The van der Waals surface area contributed by atoms with E-state index in [1.54, 1.807) is 51.4 Å². The minimum Gasteiger partial charge on any atom is -0.0622 e. The van der Waals surface area contributed by atoms with E-state index in [4.69, 9.17) is 0 Å². The van der Waals surface area contributed by atoms with Crippen LogP contribution < -0.4 is 0 Å². The van der Waals surface area contributed by atoms with Gasteiger partial charge in [0.1, 0.15) is 0 Å². The molecule has 0 aliphatic heterocycles. The molecule has 0 spiro atoms. The summed E-state index contributed by atoms with van der Waals surface area (Å²) in [7, 11) is 0. The highest BCUT2D eigenvalue weighted by molar-refractivity contribution is 5.09. The Morgan fingerprint density at radius 1 is 0.333 bits per heavy atom. The van der Waals surface area contributed by atoms with Crippen LogP contribution in [0.3, 0.4) is 0 Å². The lowest BCUT2D eigenvalue weighted by Gasteiger charge is -2.66. The molecule has 8 unspecified atom stereocenters. The Bertz CT molecular complexity index is 396. The highest BCUT2D eigenvalue weighted by Gasteiger charge is 2.60. The number of hydrogen-bond acceptors (Lipinski definition) is 0. The van der Waals surface area contributed by atoms with Gasteiger partial charge >= 0.3 is 0 Å². The van der Waals surface area contributed by atoms with Crippen LogP contribution >= 0.6 is 0 Å². The van der Waals surface area contributed by atoms with Gasteiger partial charge in [-0.1, -0.05) is 53.4 Å². The standard InChI is InChI=1S/C24H40/c1-13-5-9-17-19-11-7-15(3)22-16(4)8-12-20(24(19)22)18-10-6-14(2)21(13)23(17)18/h13-24H,5-12H2,1-4H3. The normalized spacial score (nSPS) is 62.5. The lowest BCUT2D eigenvalue weighted by molar-refractivity contribution is -0.177. The fraction of sp³-hybridized carbons (Fsp3) is 1.00. The van der Waals surface area contributed by atoms with Gasteiger partial charge < -0.3 is 0 Å². The Hall–Kier alpha value is 0. The van der Waals surface area contributed by atoms with Gasteiger partial charge in [-0.05, 0) is 96.7 Å². The van der Waals surface area contributed by atoms with Crippen molar-refractivity contribution in [3.63, 3.8) is 0 Å². The lowest BCUT2D eigenvalue weighted by Crippen LogP contribution is -2.60. The van der Waals surface area contributed by atoms with Crippen LogP contribution in [0.2, 0.25) is 0 Å². The molecule has 0 radical (unpaired) electrons. The van der Waals surface area contributed by atoms with Crippen molar-refractivity contribution in [2.24, 2.45) is 71.0 Å². The minimum absolute atomic E-state index is 1.02. The van der Waals surface area contributed by atoms with Crippen LogP contribution in [-0.2, 0) is 0 Å². The maximum absolute atomic E-state index is 2.61. The Balaban J connectivity index is 1.55. The summed E-state index contributed by atoms with van der Waals surface area (Å²) < 4.78 is 0. The van der Waals surface area contributed by atoms with Gasteiger partial charge in [0.05, 0.1) is 0 Å². The van der Waals surface area contributed by atoms with Gasteiger partial charge in [0.15, 0.2) is 0 Å². The van der Waals surface area contributed by atoms with E-state index < -0.39 is 0 Å². The molecule has 136 valence electrons. The number of fused-ring (bicyclic) bond motifs is 2. The molecule has 0 heterocycles. The smallest absolute Gasteiger partial charge is 0.0318 e. The molecule has 0 saturated heterocycles. The minimum atomic E-state index is 1.02. The summed E-state index contributed by atoms with van der Waals surface area (Å²) in [6, 6.07) is 0. The molecule has 5 fully saturated rings. The Morgan fingerprint density at radius 3 is 0.833 bits per heavy atom. The summed E-state index contributed by atoms with van der Waals surface area (Å²) in [5.74, 6) is 13.0. The molecule has 8 atom stereocenters. The van der Waals surface area contributed by atoms with Crippen molar-refractivity contribution in [3.8, 4) is 0 Å². The second-order valence-corrected chi connectivity index (χ2v) is 11.2. The molecule has 5 rings (SSSR count). The van der Waals surface area contributed by atoms with Crippen molar-refractivity contribution in [3.05, 3.63) is 0 Å². The molecule has 0 aromatic carbocycles. The second kappa shape index (κ2) is 5.75. The third kappa shape index (κ3) is 2.10. The van der Waals surface area contributed by atoms with Crippen LogP contribution in [0.1, 0.15) is 79.1 Å². The first kappa shape index (κ1) is 16.2. The van der Waals surface area contributed by atoms with Crippen LogP contribution in [0.25, 0.3) is 0 Å². The predicted molar refractivity (Wildman–Crippen MR) is 102 cm³/mol. The van der Waals surface area contributed by atoms with Crippen molar-refractivity contribution in [2.75, 3.05) is 0 Å². The van der Waals surface area contributed by atoms with Gasteiger partial charge in [-0.3, -0.25) is 0 Å². The van der Waals surface area contributed by atoms with E-state index in [0.29, 0.717) is 0 Å². The van der Waals surface area contributed by atoms with Gasteiger partial charge in [0.25, 0.3) is 0 Å². The predicted octanol–water partition coefficient (Wildman–Crippen LogP) is 6.65. The topological polar surface area (TPSA) is 0 Å². The maximum Gasteiger partial charge on any atom is -0.0318 e. The van der Waals surface area contributed by atoms with Gasteiger partial charge in [0.2, 0.25) is 0 Å². The van der Waals surface area contributed by atoms with E-state index in [1.165, 1.54) is 0 Å². The second-order valence-electron chi connectivity index (χ2n) is 11.2. The van der Waals surface area contributed by atoms with Crippen molar-refractivity contribution < 1.29 is 0 Å². The van der Waals surface area contributed by atoms with Crippen LogP contribution in [0.15, 0.2) is 0 Å². The summed E-state index contributed by atoms with van der Waals surface area (Å²) in [4.78, 5) is 0. The van der Waals surface area contributed by atoms with Crippen LogP contribution in [-0.4, -0.2) is 0 Å². The van der Waals surface area contributed by atoms with Crippen molar-refractivity contribution in [1.82, 2.24) is 0 Å². The molecule has 0 aromatic rings. The zero-order valence-corrected chi connectivity index (χ0v) is 16.6. The van der Waals surface area contributed by atoms with Crippen LogP contribution in [0.5, 0.6) is 0 Å². The van der Waals surface area contributed by atoms with E-state index >= 15 is 0 Å². The largest absolute Gasteiger partial charge is 0.0622 e. The Morgan fingerprint density at radius 2 is 0.583 bits per heavy atom. The quantitative estimate of drug-likeness (QED) is 0.467. The first-order chi connectivity index (χ1) is 11.6. The number of rotatable bonds is 0. The molecule has 0 heteroatoms. The van der Waals surface area contributed by atoms with Gasteiger partial charge in [-0.15, -0.1) is 0 Å². The molecule has 0 nitrogen and oxygen atoms in total. The molecule has 5 aliphatic carbocycles.